The van der Waals surface area contributed by atoms with Crippen molar-refractivity contribution in [3.63, 3.8) is 0 Å². The number of hydrogen-bond acceptors (Lipinski definition) is 6. The largest absolute Gasteiger partial charge is 0.493 e. The number of rotatable bonds is 7. The average molecular weight is 339 g/mol. The van der Waals surface area contributed by atoms with Gasteiger partial charge in [-0.05, 0) is 46.7 Å². The molecule has 0 saturated heterocycles. The minimum Gasteiger partial charge on any atom is -0.493 e. The number of likely N-dealkylation sites (N-methyl/N-ethyl adjacent to an activating group) is 1. The van der Waals surface area contributed by atoms with Gasteiger partial charge < -0.3 is 14.4 Å². The fraction of sp³-hybridized carbons (Fsp3) is 0.278. The highest BCUT2D eigenvalue weighted by atomic mass is 16.5. The van der Waals surface area contributed by atoms with E-state index in [0.717, 1.165) is 35.7 Å². The third-order valence-corrected chi connectivity index (χ3v) is 3.98. The summed E-state index contributed by atoms with van der Waals surface area (Å²) >= 11 is 0. The third kappa shape index (κ3) is 3.71. The zero-order chi connectivity index (χ0) is 17.6. The minimum absolute atomic E-state index is 0.701. The van der Waals surface area contributed by atoms with E-state index in [1.807, 2.05) is 60.5 Å². The number of ether oxygens (including phenoxy) is 2. The van der Waals surface area contributed by atoms with Crippen LogP contribution in [0.5, 0.6) is 11.5 Å². The van der Waals surface area contributed by atoms with Crippen molar-refractivity contribution >= 4 is 5.95 Å². The van der Waals surface area contributed by atoms with Gasteiger partial charge in [0.05, 0.1) is 19.9 Å². The van der Waals surface area contributed by atoms with Crippen molar-refractivity contribution in [3.05, 3.63) is 54.1 Å². The van der Waals surface area contributed by atoms with E-state index in [-0.39, 0.29) is 0 Å². The Labute approximate surface area is 146 Å². The van der Waals surface area contributed by atoms with Crippen molar-refractivity contribution in [3.8, 4) is 17.2 Å². The van der Waals surface area contributed by atoms with Crippen LogP contribution in [-0.4, -0.2) is 48.0 Å². The summed E-state index contributed by atoms with van der Waals surface area (Å²) in [5, 5.41) is 12.0. The van der Waals surface area contributed by atoms with Gasteiger partial charge in [-0.1, -0.05) is 29.4 Å². The monoisotopic (exact) mass is 339 g/mol. The second-order valence-electron chi connectivity index (χ2n) is 5.59. The molecule has 0 atom stereocenters. The van der Waals surface area contributed by atoms with Crippen LogP contribution in [0.1, 0.15) is 5.56 Å². The first-order valence-electron chi connectivity index (χ1n) is 7.98. The van der Waals surface area contributed by atoms with Crippen molar-refractivity contribution in [1.82, 2.24) is 20.2 Å². The molecule has 3 aromatic rings. The highest BCUT2D eigenvalue weighted by Crippen LogP contribution is 2.27. The summed E-state index contributed by atoms with van der Waals surface area (Å²) in [7, 11) is 5.25. The lowest BCUT2D eigenvalue weighted by Crippen LogP contribution is -2.24. The number of para-hydroxylation sites is 1. The van der Waals surface area contributed by atoms with Crippen LogP contribution in [0.3, 0.4) is 0 Å². The van der Waals surface area contributed by atoms with Crippen LogP contribution >= 0.6 is 0 Å². The van der Waals surface area contributed by atoms with Crippen LogP contribution in [0.25, 0.3) is 5.69 Å². The molecule has 0 N–H and O–H groups in total. The fourth-order valence-corrected chi connectivity index (χ4v) is 2.59. The van der Waals surface area contributed by atoms with Crippen LogP contribution < -0.4 is 14.4 Å². The topological polar surface area (TPSA) is 65.3 Å². The van der Waals surface area contributed by atoms with E-state index >= 15 is 0 Å². The Kier molecular flexibility index (Phi) is 5.13. The van der Waals surface area contributed by atoms with Gasteiger partial charge in [-0.3, -0.25) is 0 Å². The molecule has 2 aromatic carbocycles. The van der Waals surface area contributed by atoms with Crippen LogP contribution in [0, 0.1) is 0 Å². The standard InChI is InChI=1S/C18H21N5O2/c1-22(12-11-14-9-10-16(24-2)17(13-14)25-3)18-19-20-21-23(18)15-7-5-4-6-8-15/h4-10,13H,11-12H2,1-3H3. The molecule has 0 amide bonds. The minimum atomic E-state index is 0.701. The van der Waals surface area contributed by atoms with E-state index < -0.39 is 0 Å². The lowest BCUT2D eigenvalue weighted by Gasteiger charge is -2.18. The highest BCUT2D eigenvalue weighted by Gasteiger charge is 2.13. The van der Waals surface area contributed by atoms with E-state index in [1.54, 1.807) is 18.9 Å². The molecule has 0 spiro atoms. The molecule has 1 aromatic heterocycles. The molecular weight excluding hydrogens is 318 g/mol. The molecule has 0 aliphatic rings. The number of methoxy groups -OCH3 is 2. The SMILES string of the molecule is COc1ccc(CCN(C)c2nnnn2-c2ccccc2)cc1OC. The van der Waals surface area contributed by atoms with Crippen LogP contribution in [-0.2, 0) is 6.42 Å². The number of nitrogens with zero attached hydrogens (tertiary/aromatic N) is 5. The molecule has 0 aliphatic heterocycles. The molecule has 0 saturated carbocycles. The fourth-order valence-electron chi connectivity index (χ4n) is 2.59. The Morgan fingerprint density at radius 2 is 1.76 bits per heavy atom. The maximum atomic E-state index is 5.36. The molecule has 3 rings (SSSR count). The second-order valence-corrected chi connectivity index (χ2v) is 5.59. The van der Waals surface area contributed by atoms with E-state index in [4.69, 9.17) is 9.47 Å². The van der Waals surface area contributed by atoms with Gasteiger partial charge in [0, 0.05) is 13.6 Å². The summed E-state index contributed by atoms with van der Waals surface area (Å²) in [5.74, 6) is 2.16. The first kappa shape index (κ1) is 16.8. The lowest BCUT2D eigenvalue weighted by atomic mass is 10.1. The summed E-state index contributed by atoms with van der Waals surface area (Å²) in [6, 6.07) is 15.8. The van der Waals surface area contributed by atoms with E-state index in [9.17, 15) is 0 Å². The zero-order valence-corrected chi connectivity index (χ0v) is 14.6. The summed E-state index contributed by atoms with van der Waals surface area (Å²) in [5.41, 5.74) is 2.09. The molecule has 25 heavy (non-hydrogen) atoms. The van der Waals surface area contributed by atoms with Gasteiger partial charge in [0.15, 0.2) is 11.5 Å². The van der Waals surface area contributed by atoms with Gasteiger partial charge in [-0.15, -0.1) is 0 Å². The Morgan fingerprint density at radius 1 is 1.00 bits per heavy atom. The van der Waals surface area contributed by atoms with Gasteiger partial charge in [0.25, 0.3) is 0 Å². The second kappa shape index (κ2) is 7.65. The maximum absolute atomic E-state index is 5.36. The number of anilines is 1. The number of aromatic nitrogens is 4. The van der Waals surface area contributed by atoms with Crippen molar-refractivity contribution in [2.45, 2.75) is 6.42 Å². The molecule has 0 radical (unpaired) electrons. The first-order valence-corrected chi connectivity index (χ1v) is 7.98. The first-order chi connectivity index (χ1) is 12.2. The number of hydrogen-bond donors (Lipinski definition) is 0. The molecule has 0 fully saturated rings. The van der Waals surface area contributed by atoms with Gasteiger partial charge in [-0.25, -0.2) is 0 Å². The smallest absolute Gasteiger partial charge is 0.250 e. The predicted octanol–water partition coefficient (Wildman–Crippen LogP) is 2.36. The van der Waals surface area contributed by atoms with E-state index in [0.29, 0.717) is 5.95 Å². The molecule has 0 unspecified atom stereocenters. The summed E-state index contributed by atoms with van der Waals surface area (Å²) in [4.78, 5) is 2.03. The van der Waals surface area contributed by atoms with Crippen molar-refractivity contribution in [2.24, 2.45) is 0 Å². The molecule has 130 valence electrons. The average Bonchev–Trinajstić information content (AvgIpc) is 3.16. The zero-order valence-electron chi connectivity index (χ0n) is 14.6. The van der Waals surface area contributed by atoms with E-state index in [2.05, 4.69) is 15.5 Å². The normalized spacial score (nSPS) is 10.5. The van der Waals surface area contributed by atoms with Crippen LogP contribution in [0.2, 0.25) is 0 Å². The Hall–Kier alpha value is -3.09. The van der Waals surface area contributed by atoms with Gasteiger partial charge in [0.2, 0.25) is 5.95 Å². The number of tetrazole rings is 1. The molecule has 7 nitrogen and oxygen atoms in total. The molecule has 0 aliphatic carbocycles. The maximum Gasteiger partial charge on any atom is 0.250 e. The third-order valence-electron chi connectivity index (χ3n) is 3.98. The molecule has 0 bridgehead atoms. The summed E-state index contributed by atoms with van der Waals surface area (Å²) in [6.45, 7) is 0.767. The van der Waals surface area contributed by atoms with Crippen molar-refractivity contribution in [2.75, 3.05) is 32.7 Å². The van der Waals surface area contributed by atoms with Gasteiger partial charge in [-0.2, -0.15) is 4.68 Å². The molecular formula is C18H21N5O2. The molecule has 7 heteroatoms. The summed E-state index contributed by atoms with van der Waals surface area (Å²) < 4.78 is 12.4. The molecule has 1 heterocycles. The quantitative estimate of drug-likeness (QED) is 0.658. The Bertz CT molecular complexity index is 819. The van der Waals surface area contributed by atoms with Gasteiger partial charge in [0.1, 0.15) is 0 Å². The Morgan fingerprint density at radius 3 is 2.48 bits per heavy atom. The van der Waals surface area contributed by atoms with E-state index in [1.165, 1.54) is 0 Å². The summed E-state index contributed by atoms with van der Waals surface area (Å²) in [6.07, 6.45) is 0.832. The number of benzene rings is 2. The van der Waals surface area contributed by atoms with Gasteiger partial charge >= 0.3 is 0 Å². The van der Waals surface area contributed by atoms with Crippen LogP contribution in [0.15, 0.2) is 48.5 Å². The lowest BCUT2D eigenvalue weighted by molar-refractivity contribution is 0.354. The highest BCUT2D eigenvalue weighted by molar-refractivity contribution is 5.44. The van der Waals surface area contributed by atoms with Crippen molar-refractivity contribution in [1.29, 1.82) is 0 Å². The predicted molar refractivity (Wildman–Crippen MR) is 95.7 cm³/mol. The Balaban J connectivity index is 1.72. The van der Waals surface area contributed by atoms with Crippen molar-refractivity contribution < 1.29 is 9.47 Å². The van der Waals surface area contributed by atoms with Crippen LogP contribution in [0.4, 0.5) is 5.95 Å².